The van der Waals surface area contributed by atoms with Gasteiger partial charge in [0, 0.05) is 30.9 Å². The van der Waals surface area contributed by atoms with E-state index in [2.05, 4.69) is 41.3 Å². The fourth-order valence-corrected chi connectivity index (χ4v) is 5.75. The molecule has 1 saturated heterocycles. The Morgan fingerprint density at radius 2 is 1.76 bits per heavy atom. The number of hydrogen-bond donors (Lipinski definition) is 2. The number of methoxy groups -OCH3 is 1. The number of para-hydroxylation sites is 1. The summed E-state index contributed by atoms with van der Waals surface area (Å²) in [5.41, 5.74) is 12.7. The van der Waals surface area contributed by atoms with Crippen LogP contribution in [0.3, 0.4) is 0 Å². The molecule has 2 aliphatic rings. The molecule has 0 amide bonds. The molecule has 1 heterocycles. The first-order valence-corrected chi connectivity index (χ1v) is 13.1. The Morgan fingerprint density at radius 3 is 2.49 bits per heavy atom. The SMILES string of the molecule is COC(=O)Cc1ccccc1OCc1cc(-c2cccc(CN)c2)cc(N2CCC3(CC2)CC(O)C3)c1. The van der Waals surface area contributed by atoms with Gasteiger partial charge in [-0.3, -0.25) is 4.79 Å². The normalized spacial score (nSPS) is 16.9. The number of benzene rings is 3. The molecule has 1 aliphatic heterocycles. The smallest absolute Gasteiger partial charge is 0.310 e. The lowest BCUT2D eigenvalue weighted by Crippen LogP contribution is -2.49. The Morgan fingerprint density at radius 1 is 1.00 bits per heavy atom. The maximum absolute atomic E-state index is 11.9. The number of hydrogen-bond acceptors (Lipinski definition) is 6. The number of anilines is 1. The van der Waals surface area contributed by atoms with Crippen molar-refractivity contribution >= 4 is 11.7 Å². The predicted molar refractivity (Wildman–Crippen MR) is 145 cm³/mol. The minimum absolute atomic E-state index is 0.115. The molecule has 1 saturated carbocycles. The number of aliphatic hydroxyl groups excluding tert-OH is 1. The van der Waals surface area contributed by atoms with Crippen LogP contribution < -0.4 is 15.4 Å². The van der Waals surface area contributed by atoms with Crippen molar-refractivity contribution < 1.29 is 19.4 Å². The molecule has 3 aromatic carbocycles. The van der Waals surface area contributed by atoms with Crippen molar-refractivity contribution in [3.8, 4) is 16.9 Å². The van der Waals surface area contributed by atoms with Crippen molar-refractivity contribution in [2.45, 2.75) is 51.4 Å². The van der Waals surface area contributed by atoms with E-state index in [0.29, 0.717) is 24.3 Å². The highest BCUT2D eigenvalue weighted by molar-refractivity contribution is 5.73. The summed E-state index contributed by atoms with van der Waals surface area (Å²) in [6.45, 7) is 2.86. The van der Waals surface area contributed by atoms with Gasteiger partial charge < -0.3 is 25.2 Å². The molecule has 2 fully saturated rings. The first-order valence-electron chi connectivity index (χ1n) is 13.1. The molecule has 3 N–H and O–H groups in total. The van der Waals surface area contributed by atoms with E-state index in [1.54, 1.807) is 0 Å². The number of ether oxygens (including phenoxy) is 2. The molecule has 6 nitrogen and oxygen atoms in total. The van der Waals surface area contributed by atoms with Crippen LogP contribution in [0.2, 0.25) is 0 Å². The van der Waals surface area contributed by atoms with Gasteiger partial charge in [0.1, 0.15) is 12.4 Å². The lowest BCUT2D eigenvalue weighted by molar-refractivity contribution is -0.139. The molecule has 0 radical (unpaired) electrons. The van der Waals surface area contributed by atoms with Crippen molar-refractivity contribution in [3.63, 3.8) is 0 Å². The van der Waals surface area contributed by atoms with E-state index >= 15 is 0 Å². The predicted octanol–water partition coefficient (Wildman–Crippen LogP) is 4.85. The molecular weight excluding hydrogens is 464 g/mol. The molecule has 0 unspecified atom stereocenters. The average Bonchev–Trinajstić information content (AvgIpc) is 2.92. The van der Waals surface area contributed by atoms with Crippen LogP contribution in [0.1, 0.15) is 42.4 Å². The molecule has 37 heavy (non-hydrogen) atoms. The van der Waals surface area contributed by atoms with Gasteiger partial charge in [-0.25, -0.2) is 0 Å². The first-order chi connectivity index (χ1) is 18.0. The van der Waals surface area contributed by atoms with Crippen LogP contribution in [0, 0.1) is 5.41 Å². The van der Waals surface area contributed by atoms with Gasteiger partial charge in [0.15, 0.2) is 0 Å². The molecule has 6 heteroatoms. The Kier molecular flexibility index (Phi) is 7.49. The second-order valence-electron chi connectivity index (χ2n) is 10.5. The molecule has 194 valence electrons. The molecule has 0 aromatic heterocycles. The summed E-state index contributed by atoms with van der Waals surface area (Å²) in [7, 11) is 1.40. The van der Waals surface area contributed by atoms with Gasteiger partial charge in [-0.2, -0.15) is 0 Å². The van der Waals surface area contributed by atoms with E-state index in [1.165, 1.54) is 12.8 Å². The van der Waals surface area contributed by atoms with E-state index in [-0.39, 0.29) is 18.5 Å². The number of nitrogens with two attached hydrogens (primary N) is 1. The van der Waals surface area contributed by atoms with E-state index in [1.807, 2.05) is 30.3 Å². The molecule has 0 atom stereocenters. The number of carbonyl (C=O) groups excluding carboxylic acids is 1. The van der Waals surface area contributed by atoms with E-state index in [4.69, 9.17) is 15.2 Å². The highest BCUT2D eigenvalue weighted by Crippen LogP contribution is 2.49. The van der Waals surface area contributed by atoms with Crippen LogP contribution in [0.4, 0.5) is 5.69 Å². The highest BCUT2D eigenvalue weighted by atomic mass is 16.5. The third-order valence-electron chi connectivity index (χ3n) is 7.93. The van der Waals surface area contributed by atoms with Gasteiger partial charge in [0.2, 0.25) is 0 Å². The van der Waals surface area contributed by atoms with Crippen molar-refractivity contribution in [1.82, 2.24) is 0 Å². The first kappa shape index (κ1) is 25.3. The Bertz CT molecular complexity index is 1240. The van der Waals surface area contributed by atoms with Crippen molar-refractivity contribution in [2.75, 3.05) is 25.1 Å². The average molecular weight is 501 g/mol. The quantitative estimate of drug-likeness (QED) is 0.430. The zero-order valence-electron chi connectivity index (χ0n) is 21.5. The summed E-state index contributed by atoms with van der Waals surface area (Å²) < 4.78 is 11.1. The van der Waals surface area contributed by atoms with Gasteiger partial charge in [-0.15, -0.1) is 0 Å². The number of nitrogens with zero attached hydrogens (tertiary/aromatic N) is 1. The van der Waals surface area contributed by atoms with Gasteiger partial charge in [-0.05, 0) is 83.7 Å². The molecule has 0 bridgehead atoms. The maximum Gasteiger partial charge on any atom is 0.310 e. The zero-order valence-corrected chi connectivity index (χ0v) is 21.5. The monoisotopic (exact) mass is 500 g/mol. The summed E-state index contributed by atoms with van der Waals surface area (Å²) in [6, 6.07) is 22.6. The third-order valence-corrected chi connectivity index (χ3v) is 7.93. The lowest BCUT2D eigenvalue weighted by Gasteiger charge is -2.51. The Hall–Kier alpha value is -3.35. The zero-order chi connectivity index (χ0) is 25.8. The Balaban J connectivity index is 1.40. The minimum Gasteiger partial charge on any atom is -0.489 e. The van der Waals surface area contributed by atoms with Crippen LogP contribution in [-0.2, 0) is 29.1 Å². The van der Waals surface area contributed by atoms with Crippen LogP contribution in [-0.4, -0.2) is 37.4 Å². The van der Waals surface area contributed by atoms with E-state index in [0.717, 1.165) is 66.6 Å². The van der Waals surface area contributed by atoms with Crippen LogP contribution in [0.25, 0.3) is 11.1 Å². The second-order valence-corrected chi connectivity index (χ2v) is 10.5. The summed E-state index contributed by atoms with van der Waals surface area (Å²) >= 11 is 0. The van der Waals surface area contributed by atoms with Crippen molar-refractivity contribution in [2.24, 2.45) is 11.1 Å². The fourth-order valence-electron chi connectivity index (χ4n) is 5.75. The fraction of sp³-hybridized carbons (Fsp3) is 0.387. The highest BCUT2D eigenvalue weighted by Gasteiger charge is 2.45. The van der Waals surface area contributed by atoms with Gasteiger partial charge >= 0.3 is 5.97 Å². The maximum atomic E-state index is 11.9. The van der Waals surface area contributed by atoms with Crippen LogP contribution in [0.5, 0.6) is 5.75 Å². The summed E-state index contributed by atoms with van der Waals surface area (Å²) in [5, 5.41) is 9.86. The molecule has 1 spiro atoms. The van der Waals surface area contributed by atoms with E-state index in [9.17, 15) is 9.90 Å². The van der Waals surface area contributed by atoms with Crippen molar-refractivity contribution in [1.29, 1.82) is 0 Å². The topological polar surface area (TPSA) is 85.0 Å². The molecule has 3 aromatic rings. The standard InChI is InChI=1S/C31H36N2O4/c1-36-30(35)17-25-6-2-3-8-29(25)37-21-23-14-26(24-7-4-5-22(13-24)20-32)16-27(15-23)33-11-9-31(10-12-33)18-28(34)19-31/h2-8,13-16,28,34H,9-12,17-21,32H2,1H3. The van der Waals surface area contributed by atoms with Gasteiger partial charge in [0.05, 0.1) is 19.6 Å². The molecule has 5 rings (SSSR count). The largest absolute Gasteiger partial charge is 0.489 e. The third kappa shape index (κ3) is 5.81. The number of piperidine rings is 1. The number of aliphatic hydroxyl groups is 1. The van der Waals surface area contributed by atoms with Crippen LogP contribution >= 0.6 is 0 Å². The summed E-state index contributed by atoms with van der Waals surface area (Å²) in [5.74, 6) is 0.399. The summed E-state index contributed by atoms with van der Waals surface area (Å²) in [4.78, 5) is 14.3. The Labute approximate surface area is 219 Å². The van der Waals surface area contributed by atoms with E-state index < -0.39 is 0 Å². The number of esters is 1. The molecule has 1 aliphatic carbocycles. The number of carbonyl (C=O) groups is 1. The second kappa shape index (κ2) is 11.0. The summed E-state index contributed by atoms with van der Waals surface area (Å²) in [6.07, 6.45) is 4.17. The van der Waals surface area contributed by atoms with Crippen LogP contribution in [0.15, 0.2) is 66.7 Å². The van der Waals surface area contributed by atoms with Gasteiger partial charge in [-0.1, -0.05) is 36.4 Å². The minimum atomic E-state index is -0.290. The lowest BCUT2D eigenvalue weighted by atomic mass is 9.61. The number of rotatable bonds is 8. The molecular formula is C31H36N2O4. The van der Waals surface area contributed by atoms with Gasteiger partial charge in [0.25, 0.3) is 0 Å². The van der Waals surface area contributed by atoms with Crippen molar-refractivity contribution in [3.05, 3.63) is 83.4 Å².